The van der Waals surface area contributed by atoms with Crippen molar-refractivity contribution in [2.24, 2.45) is 0 Å². The van der Waals surface area contributed by atoms with Gasteiger partial charge in [0.05, 0.1) is 17.8 Å². The number of benzene rings is 1. The predicted octanol–water partition coefficient (Wildman–Crippen LogP) is 4.18. The summed E-state index contributed by atoms with van der Waals surface area (Å²) in [5.41, 5.74) is 6.05. The number of nitrogens with two attached hydrogens (primary N) is 1. The first-order chi connectivity index (χ1) is 17.5. The number of hydrogen-bond donors (Lipinski definition) is 3. The number of halogens is 3. The van der Waals surface area contributed by atoms with E-state index in [-0.39, 0.29) is 27.6 Å². The van der Waals surface area contributed by atoms with E-state index in [0.717, 1.165) is 43.3 Å². The smallest absolute Gasteiger partial charge is 0.383 e. The summed E-state index contributed by atoms with van der Waals surface area (Å²) in [6, 6.07) is 3.03. The van der Waals surface area contributed by atoms with Crippen LogP contribution in [0.25, 0.3) is 0 Å². The van der Waals surface area contributed by atoms with Gasteiger partial charge >= 0.3 is 6.18 Å². The molecular formula is C24H26F3N7O2S. The van der Waals surface area contributed by atoms with E-state index in [4.69, 9.17) is 5.73 Å². The maximum absolute atomic E-state index is 13.2. The number of carbonyl (C=O) groups is 2. The number of alkyl halides is 3. The molecule has 2 amide bonds. The highest BCUT2D eigenvalue weighted by Crippen LogP contribution is 2.33. The Morgan fingerprint density at radius 3 is 2.59 bits per heavy atom. The Bertz CT molecular complexity index is 1310. The Balaban J connectivity index is 1.44. The van der Waals surface area contributed by atoms with Crippen LogP contribution in [0.15, 0.2) is 30.7 Å². The molecule has 9 nitrogen and oxygen atoms in total. The number of carbonyl (C=O) groups excluding carboxylic acids is 2. The molecule has 1 unspecified atom stereocenters. The van der Waals surface area contributed by atoms with Crippen LogP contribution in [0.5, 0.6) is 0 Å². The lowest BCUT2D eigenvalue weighted by molar-refractivity contribution is -0.138. The fourth-order valence-electron chi connectivity index (χ4n) is 4.06. The number of anilines is 2. The maximum Gasteiger partial charge on any atom is 0.416 e. The Kier molecular flexibility index (Phi) is 7.73. The minimum absolute atomic E-state index is 0.0195. The molecule has 13 heteroatoms. The molecule has 0 radical (unpaired) electrons. The number of thiazole rings is 1. The molecule has 1 fully saturated rings. The monoisotopic (exact) mass is 533 g/mol. The summed E-state index contributed by atoms with van der Waals surface area (Å²) in [6.07, 6.45) is 0.194. The number of nitrogens with one attached hydrogen (secondary N) is 2. The number of nitrogens with zero attached hydrogens (tertiary/aromatic N) is 4. The van der Waals surface area contributed by atoms with Crippen LogP contribution < -0.4 is 16.4 Å². The lowest BCUT2D eigenvalue weighted by Gasteiger charge is -2.18. The molecule has 0 bridgehead atoms. The molecule has 0 spiro atoms. The molecule has 4 rings (SSSR count). The third-order valence-corrected chi connectivity index (χ3v) is 7.22. The Hall–Kier alpha value is -3.58. The maximum atomic E-state index is 13.2. The van der Waals surface area contributed by atoms with Gasteiger partial charge in [-0.1, -0.05) is 6.07 Å². The van der Waals surface area contributed by atoms with Gasteiger partial charge in [-0.25, -0.2) is 15.0 Å². The second kappa shape index (κ2) is 10.8. The average molecular weight is 534 g/mol. The molecule has 1 saturated heterocycles. The molecule has 1 aliphatic heterocycles. The van der Waals surface area contributed by atoms with Crippen molar-refractivity contribution >= 4 is 34.7 Å². The molecule has 0 saturated carbocycles. The van der Waals surface area contributed by atoms with Crippen LogP contribution in [-0.4, -0.2) is 44.8 Å². The van der Waals surface area contributed by atoms with E-state index in [2.05, 4.69) is 30.5 Å². The lowest BCUT2D eigenvalue weighted by Crippen LogP contribution is -2.30. The van der Waals surface area contributed by atoms with Gasteiger partial charge in [0.25, 0.3) is 11.8 Å². The fraction of sp³-hybridized carbons (Fsp3) is 0.375. The summed E-state index contributed by atoms with van der Waals surface area (Å²) in [4.78, 5) is 40.4. The van der Waals surface area contributed by atoms with Crippen LogP contribution in [0.2, 0.25) is 0 Å². The van der Waals surface area contributed by atoms with E-state index in [9.17, 15) is 22.8 Å². The molecule has 1 aromatic carbocycles. The van der Waals surface area contributed by atoms with Gasteiger partial charge < -0.3 is 16.4 Å². The third kappa shape index (κ3) is 6.23. The van der Waals surface area contributed by atoms with Gasteiger partial charge in [-0.2, -0.15) is 13.2 Å². The zero-order chi connectivity index (χ0) is 26.7. The standard InChI is InChI=1S/C24H26F3N7O2S/c1-13-5-6-15(9-17(13)24(25,26)27)33-21(35)18-10-29-23(37-18)14(2)32-22(36)19-16(20(28)31-12-30-19)11-34-7-3-4-8-34/h5-6,9-10,12,14H,3-4,7-8,11H2,1-2H3,(H,32,36)(H,33,35)(H2,28,30,31). The number of hydrogen-bond acceptors (Lipinski definition) is 8. The molecule has 0 aliphatic carbocycles. The van der Waals surface area contributed by atoms with Crippen molar-refractivity contribution in [1.29, 1.82) is 0 Å². The van der Waals surface area contributed by atoms with Crippen LogP contribution in [0.1, 0.15) is 67.7 Å². The molecule has 37 heavy (non-hydrogen) atoms. The van der Waals surface area contributed by atoms with E-state index in [1.807, 2.05) is 0 Å². The Morgan fingerprint density at radius 2 is 1.89 bits per heavy atom. The summed E-state index contributed by atoms with van der Waals surface area (Å²) < 4.78 is 39.6. The van der Waals surface area contributed by atoms with E-state index in [1.165, 1.54) is 31.6 Å². The van der Waals surface area contributed by atoms with Gasteiger partial charge in [-0.05, 0) is 57.5 Å². The topological polar surface area (TPSA) is 126 Å². The normalized spacial score (nSPS) is 14.9. The highest BCUT2D eigenvalue weighted by molar-refractivity contribution is 7.13. The molecule has 1 atom stereocenters. The average Bonchev–Trinajstić information content (AvgIpc) is 3.53. The number of aromatic nitrogens is 3. The molecule has 3 aromatic rings. The minimum atomic E-state index is -4.53. The highest BCUT2D eigenvalue weighted by atomic mass is 32.1. The number of likely N-dealkylation sites (tertiary alicyclic amines) is 1. The molecule has 4 N–H and O–H groups in total. The summed E-state index contributed by atoms with van der Waals surface area (Å²) in [5.74, 6) is -0.801. The zero-order valence-corrected chi connectivity index (χ0v) is 21.0. The zero-order valence-electron chi connectivity index (χ0n) is 20.2. The van der Waals surface area contributed by atoms with Gasteiger partial charge in [0.2, 0.25) is 0 Å². The number of nitrogen functional groups attached to an aromatic ring is 1. The van der Waals surface area contributed by atoms with Crippen LogP contribution in [0.3, 0.4) is 0 Å². The lowest BCUT2D eigenvalue weighted by atomic mass is 10.1. The fourth-order valence-corrected chi connectivity index (χ4v) is 4.87. The first kappa shape index (κ1) is 26.5. The summed E-state index contributed by atoms with van der Waals surface area (Å²) in [6.45, 7) is 5.36. The largest absolute Gasteiger partial charge is 0.416 e. The van der Waals surface area contributed by atoms with Gasteiger partial charge in [0.15, 0.2) is 0 Å². The quantitative estimate of drug-likeness (QED) is 0.416. The van der Waals surface area contributed by atoms with Crippen molar-refractivity contribution in [2.75, 3.05) is 24.1 Å². The van der Waals surface area contributed by atoms with E-state index >= 15 is 0 Å². The van der Waals surface area contributed by atoms with Gasteiger partial charge in [-0.15, -0.1) is 11.3 Å². The molecule has 1 aliphatic rings. The van der Waals surface area contributed by atoms with E-state index < -0.39 is 29.6 Å². The Morgan fingerprint density at radius 1 is 1.16 bits per heavy atom. The van der Waals surface area contributed by atoms with Crippen molar-refractivity contribution < 1.29 is 22.8 Å². The molecular weight excluding hydrogens is 507 g/mol. The first-order valence-electron chi connectivity index (χ1n) is 11.6. The van der Waals surface area contributed by atoms with Crippen molar-refractivity contribution in [3.05, 3.63) is 63.0 Å². The predicted molar refractivity (Wildman–Crippen MR) is 133 cm³/mol. The van der Waals surface area contributed by atoms with Crippen LogP contribution in [0, 0.1) is 6.92 Å². The molecule has 3 heterocycles. The number of rotatable bonds is 7. The van der Waals surface area contributed by atoms with Crippen LogP contribution >= 0.6 is 11.3 Å². The van der Waals surface area contributed by atoms with Gasteiger partial charge in [0, 0.05) is 17.8 Å². The SMILES string of the molecule is Cc1ccc(NC(=O)c2cnc(C(C)NC(=O)c3ncnc(N)c3CN3CCCC3)s2)cc1C(F)(F)F. The number of amides is 2. The highest BCUT2D eigenvalue weighted by Gasteiger charge is 2.32. The van der Waals surface area contributed by atoms with E-state index in [0.29, 0.717) is 17.1 Å². The second-order valence-corrected chi connectivity index (χ2v) is 9.87. The van der Waals surface area contributed by atoms with Crippen LogP contribution in [-0.2, 0) is 12.7 Å². The minimum Gasteiger partial charge on any atom is -0.383 e. The van der Waals surface area contributed by atoms with Gasteiger partial charge in [-0.3, -0.25) is 14.5 Å². The first-order valence-corrected chi connectivity index (χ1v) is 12.4. The summed E-state index contributed by atoms with van der Waals surface area (Å²) in [7, 11) is 0. The van der Waals surface area contributed by atoms with Crippen molar-refractivity contribution in [3.8, 4) is 0 Å². The van der Waals surface area contributed by atoms with Crippen molar-refractivity contribution in [1.82, 2.24) is 25.2 Å². The molecule has 196 valence electrons. The second-order valence-electron chi connectivity index (χ2n) is 8.81. The van der Waals surface area contributed by atoms with Gasteiger partial charge in [0.1, 0.15) is 27.7 Å². The van der Waals surface area contributed by atoms with Crippen molar-refractivity contribution in [2.45, 2.75) is 45.5 Å². The number of aryl methyl sites for hydroxylation is 1. The summed E-state index contributed by atoms with van der Waals surface area (Å²) in [5, 5.41) is 5.74. The van der Waals surface area contributed by atoms with E-state index in [1.54, 1.807) is 6.92 Å². The third-order valence-electron chi connectivity index (χ3n) is 6.04. The molecule has 2 aromatic heterocycles. The van der Waals surface area contributed by atoms with Crippen LogP contribution in [0.4, 0.5) is 24.7 Å². The van der Waals surface area contributed by atoms with Crippen molar-refractivity contribution in [3.63, 3.8) is 0 Å². The Labute approximate surface area is 215 Å². The summed E-state index contributed by atoms with van der Waals surface area (Å²) >= 11 is 1.03.